The zero-order chi connectivity index (χ0) is 19.5. The predicted molar refractivity (Wildman–Crippen MR) is 107 cm³/mol. The number of rotatable bonds is 5. The zero-order valence-corrected chi connectivity index (χ0v) is 16.1. The number of anilines is 1. The van der Waals surface area contributed by atoms with E-state index in [1.54, 1.807) is 0 Å². The standard InChI is InChI=1S/C22H27N3O3/c26-20(24-15-13-23(14-16-24)17-7-2-1-3-8-17)11-6-12-25-21(27)18-9-4-5-10-19(18)22(25)28/h1-5,7-8,18-19H,6,9-16H2/t18-,19-/m0/s1. The number of nitrogens with zero attached hydrogens (tertiary/aromatic N) is 3. The molecule has 1 aliphatic carbocycles. The van der Waals surface area contributed by atoms with E-state index in [1.807, 2.05) is 35.3 Å². The number of imide groups is 1. The number of allylic oxidation sites excluding steroid dienone is 2. The summed E-state index contributed by atoms with van der Waals surface area (Å²) in [5.74, 6) is -0.351. The molecule has 2 fully saturated rings. The highest BCUT2D eigenvalue weighted by Crippen LogP contribution is 2.35. The van der Waals surface area contributed by atoms with E-state index < -0.39 is 0 Å². The Bertz CT molecular complexity index is 742. The average molecular weight is 381 g/mol. The van der Waals surface area contributed by atoms with Crippen molar-refractivity contribution in [3.05, 3.63) is 42.5 Å². The summed E-state index contributed by atoms with van der Waals surface area (Å²) >= 11 is 0. The van der Waals surface area contributed by atoms with Crippen LogP contribution in [0.2, 0.25) is 0 Å². The Labute approximate surface area is 165 Å². The normalized spacial score (nSPS) is 24.6. The van der Waals surface area contributed by atoms with Crippen molar-refractivity contribution in [1.29, 1.82) is 0 Å². The zero-order valence-electron chi connectivity index (χ0n) is 16.1. The third kappa shape index (κ3) is 3.68. The summed E-state index contributed by atoms with van der Waals surface area (Å²) in [5.41, 5.74) is 1.19. The van der Waals surface area contributed by atoms with E-state index in [4.69, 9.17) is 0 Å². The van der Waals surface area contributed by atoms with Crippen molar-refractivity contribution in [2.24, 2.45) is 11.8 Å². The number of hydrogen-bond donors (Lipinski definition) is 0. The first-order valence-corrected chi connectivity index (χ1v) is 10.2. The van der Waals surface area contributed by atoms with Gasteiger partial charge in [-0.3, -0.25) is 19.3 Å². The van der Waals surface area contributed by atoms with Crippen LogP contribution in [0, 0.1) is 11.8 Å². The van der Waals surface area contributed by atoms with E-state index in [1.165, 1.54) is 10.6 Å². The minimum atomic E-state index is -0.181. The molecule has 1 aromatic carbocycles. The van der Waals surface area contributed by atoms with Gasteiger partial charge in [-0.2, -0.15) is 0 Å². The third-order valence-electron chi connectivity index (χ3n) is 6.12. The largest absolute Gasteiger partial charge is 0.368 e. The van der Waals surface area contributed by atoms with Gasteiger partial charge in [0.25, 0.3) is 0 Å². The lowest BCUT2D eigenvalue weighted by molar-refractivity contribution is -0.141. The number of piperazine rings is 1. The second-order valence-corrected chi connectivity index (χ2v) is 7.79. The summed E-state index contributed by atoms with van der Waals surface area (Å²) in [7, 11) is 0. The van der Waals surface area contributed by atoms with Gasteiger partial charge in [0.15, 0.2) is 0 Å². The Hall–Kier alpha value is -2.63. The van der Waals surface area contributed by atoms with Gasteiger partial charge in [0.05, 0.1) is 11.8 Å². The third-order valence-corrected chi connectivity index (χ3v) is 6.12. The van der Waals surface area contributed by atoms with Crippen LogP contribution in [0.1, 0.15) is 25.7 Å². The minimum Gasteiger partial charge on any atom is -0.368 e. The van der Waals surface area contributed by atoms with Crippen LogP contribution in [0.15, 0.2) is 42.5 Å². The Kier molecular flexibility index (Phi) is 5.46. The smallest absolute Gasteiger partial charge is 0.233 e. The van der Waals surface area contributed by atoms with E-state index in [2.05, 4.69) is 17.0 Å². The molecule has 0 radical (unpaired) electrons. The van der Waals surface area contributed by atoms with Gasteiger partial charge in [-0.05, 0) is 31.4 Å². The summed E-state index contributed by atoms with van der Waals surface area (Å²) in [6, 6.07) is 10.2. The van der Waals surface area contributed by atoms with Crippen LogP contribution in [-0.4, -0.2) is 60.2 Å². The van der Waals surface area contributed by atoms with Crippen molar-refractivity contribution < 1.29 is 14.4 Å². The second kappa shape index (κ2) is 8.17. The molecule has 2 atom stereocenters. The van der Waals surface area contributed by atoms with Gasteiger partial charge in [0, 0.05) is 44.8 Å². The molecule has 148 valence electrons. The lowest BCUT2D eigenvalue weighted by Gasteiger charge is -2.36. The highest BCUT2D eigenvalue weighted by Gasteiger charge is 2.46. The highest BCUT2D eigenvalue weighted by atomic mass is 16.2. The van der Waals surface area contributed by atoms with Crippen LogP contribution >= 0.6 is 0 Å². The van der Waals surface area contributed by atoms with E-state index in [0.29, 0.717) is 45.3 Å². The Morgan fingerprint density at radius 3 is 2.11 bits per heavy atom. The molecule has 6 heteroatoms. The lowest BCUT2D eigenvalue weighted by Crippen LogP contribution is -2.48. The van der Waals surface area contributed by atoms with E-state index >= 15 is 0 Å². The predicted octanol–water partition coefficient (Wildman–Crippen LogP) is 2.07. The van der Waals surface area contributed by atoms with Gasteiger partial charge < -0.3 is 9.80 Å². The quantitative estimate of drug-likeness (QED) is 0.579. The molecule has 1 aromatic rings. The fourth-order valence-electron chi connectivity index (χ4n) is 4.49. The monoisotopic (exact) mass is 381 g/mol. The number of carbonyl (C=O) groups excluding carboxylic acids is 3. The van der Waals surface area contributed by atoms with Gasteiger partial charge >= 0.3 is 0 Å². The van der Waals surface area contributed by atoms with Gasteiger partial charge in [-0.25, -0.2) is 0 Å². The van der Waals surface area contributed by atoms with Crippen LogP contribution in [0.25, 0.3) is 0 Å². The number of amides is 3. The Morgan fingerprint density at radius 2 is 1.50 bits per heavy atom. The molecule has 0 unspecified atom stereocenters. The van der Waals surface area contributed by atoms with Crippen LogP contribution < -0.4 is 4.90 Å². The van der Waals surface area contributed by atoms with Crippen LogP contribution in [0.5, 0.6) is 0 Å². The van der Waals surface area contributed by atoms with Crippen LogP contribution in [0.4, 0.5) is 5.69 Å². The number of para-hydroxylation sites is 1. The first-order chi connectivity index (χ1) is 13.6. The number of likely N-dealkylation sites (tertiary alicyclic amines) is 1. The summed E-state index contributed by atoms with van der Waals surface area (Å²) in [4.78, 5) is 43.1. The van der Waals surface area contributed by atoms with Crippen molar-refractivity contribution in [2.45, 2.75) is 25.7 Å². The Balaban J connectivity index is 1.22. The maximum absolute atomic E-state index is 12.5. The molecule has 3 aliphatic rings. The molecule has 2 aliphatic heterocycles. The molecule has 0 spiro atoms. The van der Waals surface area contributed by atoms with Crippen molar-refractivity contribution >= 4 is 23.4 Å². The molecular weight excluding hydrogens is 354 g/mol. The van der Waals surface area contributed by atoms with Gasteiger partial charge in [0.1, 0.15) is 0 Å². The Morgan fingerprint density at radius 1 is 0.893 bits per heavy atom. The average Bonchev–Trinajstić information content (AvgIpc) is 2.99. The summed E-state index contributed by atoms with van der Waals surface area (Å²) < 4.78 is 0. The number of hydrogen-bond acceptors (Lipinski definition) is 4. The topological polar surface area (TPSA) is 60.9 Å². The number of fused-ring (bicyclic) bond motifs is 1. The molecule has 28 heavy (non-hydrogen) atoms. The van der Waals surface area contributed by atoms with E-state index in [0.717, 1.165) is 13.1 Å². The van der Waals surface area contributed by atoms with Gasteiger partial charge in [0.2, 0.25) is 17.7 Å². The van der Waals surface area contributed by atoms with Crippen molar-refractivity contribution in [3.63, 3.8) is 0 Å². The van der Waals surface area contributed by atoms with Crippen molar-refractivity contribution in [1.82, 2.24) is 9.80 Å². The summed E-state index contributed by atoms with van der Waals surface area (Å²) in [6.45, 7) is 3.45. The van der Waals surface area contributed by atoms with Crippen LogP contribution in [-0.2, 0) is 14.4 Å². The van der Waals surface area contributed by atoms with Crippen LogP contribution in [0.3, 0.4) is 0 Å². The van der Waals surface area contributed by atoms with E-state index in [9.17, 15) is 14.4 Å². The van der Waals surface area contributed by atoms with Gasteiger partial charge in [-0.1, -0.05) is 30.4 Å². The fraction of sp³-hybridized carbons (Fsp3) is 0.500. The maximum Gasteiger partial charge on any atom is 0.233 e. The SMILES string of the molecule is O=C(CCCN1C(=O)[C@H]2CC=CC[C@@H]2C1=O)N1CCN(c2ccccc2)CC1. The highest BCUT2D eigenvalue weighted by molar-refractivity contribution is 6.05. The first-order valence-electron chi connectivity index (χ1n) is 10.2. The molecular formula is C22H27N3O3. The molecule has 2 saturated heterocycles. The fourth-order valence-corrected chi connectivity index (χ4v) is 4.49. The van der Waals surface area contributed by atoms with Gasteiger partial charge in [-0.15, -0.1) is 0 Å². The molecule has 0 bridgehead atoms. The first kappa shape index (κ1) is 18.7. The second-order valence-electron chi connectivity index (χ2n) is 7.79. The van der Waals surface area contributed by atoms with Crippen molar-refractivity contribution in [2.75, 3.05) is 37.6 Å². The van der Waals surface area contributed by atoms with Crippen molar-refractivity contribution in [3.8, 4) is 0 Å². The number of carbonyl (C=O) groups is 3. The van der Waals surface area contributed by atoms with E-state index in [-0.39, 0.29) is 29.6 Å². The maximum atomic E-state index is 12.5. The molecule has 2 heterocycles. The molecule has 0 N–H and O–H groups in total. The summed E-state index contributed by atoms with van der Waals surface area (Å²) in [6.07, 6.45) is 6.24. The minimum absolute atomic E-state index is 0.0525. The number of benzene rings is 1. The molecule has 0 saturated carbocycles. The molecule has 4 rings (SSSR count). The molecule has 0 aromatic heterocycles. The summed E-state index contributed by atoms with van der Waals surface area (Å²) in [5, 5.41) is 0. The molecule has 3 amide bonds. The lowest BCUT2D eigenvalue weighted by atomic mass is 9.85. The molecule has 6 nitrogen and oxygen atoms in total.